The van der Waals surface area contributed by atoms with Crippen molar-refractivity contribution >= 4 is 17.9 Å². The fraction of sp³-hybridized carbons (Fsp3) is 0.946. The van der Waals surface area contributed by atoms with E-state index < -0.39 is 6.10 Å². The molecule has 0 aliphatic heterocycles. The molecule has 0 spiro atoms. The molecule has 368 valence electrons. The Morgan fingerprint density at radius 3 is 0.645 bits per heavy atom. The van der Waals surface area contributed by atoms with Crippen LogP contribution in [0.1, 0.15) is 323 Å². The van der Waals surface area contributed by atoms with Crippen molar-refractivity contribution in [1.82, 2.24) is 0 Å². The van der Waals surface area contributed by atoms with E-state index in [1.807, 2.05) is 0 Å². The highest BCUT2D eigenvalue weighted by Crippen LogP contribution is 2.17. The van der Waals surface area contributed by atoms with Crippen LogP contribution in [0, 0.1) is 0 Å². The quantitative estimate of drug-likeness (QED) is 0.0344. The summed E-state index contributed by atoms with van der Waals surface area (Å²) in [6.45, 7) is 6.69. The van der Waals surface area contributed by atoms with Crippen molar-refractivity contribution in [3.8, 4) is 0 Å². The summed E-state index contributed by atoms with van der Waals surface area (Å²) in [5, 5.41) is 0. The summed E-state index contributed by atoms with van der Waals surface area (Å²) < 4.78 is 16.8. The van der Waals surface area contributed by atoms with Gasteiger partial charge in [-0.2, -0.15) is 0 Å². The van der Waals surface area contributed by atoms with Crippen LogP contribution in [-0.2, 0) is 28.6 Å². The third-order valence-electron chi connectivity index (χ3n) is 12.9. The van der Waals surface area contributed by atoms with Crippen LogP contribution in [0.4, 0.5) is 0 Å². The van der Waals surface area contributed by atoms with Crippen LogP contribution in [0.3, 0.4) is 0 Å². The molecule has 0 aliphatic carbocycles. The van der Waals surface area contributed by atoms with E-state index in [-0.39, 0.29) is 31.1 Å². The van der Waals surface area contributed by atoms with Crippen LogP contribution in [0.2, 0.25) is 0 Å². The summed E-state index contributed by atoms with van der Waals surface area (Å²) >= 11 is 0. The summed E-state index contributed by atoms with van der Waals surface area (Å²) in [5.74, 6) is -0.836. The molecule has 0 bridgehead atoms. The maximum Gasteiger partial charge on any atom is 0.306 e. The van der Waals surface area contributed by atoms with Gasteiger partial charge in [-0.05, 0) is 19.3 Å². The molecular formula is C56H108O6. The zero-order valence-electron chi connectivity index (χ0n) is 42.2. The van der Waals surface area contributed by atoms with Crippen molar-refractivity contribution in [2.75, 3.05) is 13.2 Å². The molecule has 0 aromatic heterocycles. The molecule has 0 rings (SSSR count). The number of rotatable bonds is 52. The second-order valence-corrected chi connectivity index (χ2v) is 19.2. The monoisotopic (exact) mass is 877 g/mol. The lowest BCUT2D eigenvalue weighted by molar-refractivity contribution is -0.167. The third-order valence-corrected chi connectivity index (χ3v) is 12.9. The second kappa shape index (κ2) is 52.0. The van der Waals surface area contributed by atoms with Gasteiger partial charge in [0.05, 0.1) is 0 Å². The fourth-order valence-corrected chi connectivity index (χ4v) is 8.62. The summed E-state index contributed by atoms with van der Waals surface area (Å²) in [4.78, 5) is 38.0. The van der Waals surface area contributed by atoms with Crippen LogP contribution in [-0.4, -0.2) is 37.2 Å². The van der Waals surface area contributed by atoms with Gasteiger partial charge in [0.15, 0.2) is 6.10 Å². The average Bonchev–Trinajstić information content (AvgIpc) is 3.27. The first-order chi connectivity index (χ1) is 30.5. The van der Waals surface area contributed by atoms with Crippen LogP contribution >= 0.6 is 0 Å². The van der Waals surface area contributed by atoms with E-state index in [9.17, 15) is 14.4 Å². The molecule has 0 amide bonds. The number of unbranched alkanes of at least 4 members (excludes halogenated alkanes) is 41. The van der Waals surface area contributed by atoms with Crippen LogP contribution in [0.25, 0.3) is 0 Å². The van der Waals surface area contributed by atoms with Crippen LogP contribution in [0.15, 0.2) is 0 Å². The number of ether oxygens (including phenoxy) is 3. The Morgan fingerprint density at radius 1 is 0.258 bits per heavy atom. The summed E-state index contributed by atoms with van der Waals surface area (Å²) in [6.07, 6.45) is 56.6. The Labute approximate surface area is 387 Å². The van der Waals surface area contributed by atoms with Crippen molar-refractivity contribution in [2.45, 2.75) is 329 Å². The minimum absolute atomic E-state index is 0.0614. The molecule has 0 heterocycles. The standard InChI is InChI=1S/C56H108O6/c1-4-7-10-13-16-19-22-24-26-27-28-29-30-32-35-38-41-44-47-50-56(59)62-53(51-60-54(57)48-45-42-39-36-33-21-18-15-12-9-6-3)52-61-55(58)49-46-43-40-37-34-31-25-23-20-17-14-11-8-5-2/h53H,4-52H2,1-3H3/t53-/m1/s1. The topological polar surface area (TPSA) is 78.9 Å². The number of carbonyl (C=O) groups is 3. The van der Waals surface area contributed by atoms with Gasteiger partial charge in [0, 0.05) is 19.3 Å². The summed E-state index contributed by atoms with van der Waals surface area (Å²) in [7, 11) is 0. The average molecular weight is 877 g/mol. The zero-order valence-corrected chi connectivity index (χ0v) is 42.2. The van der Waals surface area contributed by atoms with Crippen molar-refractivity contribution in [3.63, 3.8) is 0 Å². The van der Waals surface area contributed by atoms with Gasteiger partial charge in [0.1, 0.15) is 13.2 Å². The number of esters is 3. The maximum atomic E-state index is 12.8. The normalized spacial score (nSPS) is 11.9. The molecule has 0 radical (unpaired) electrons. The molecule has 62 heavy (non-hydrogen) atoms. The van der Waals surface area contributed by atoms with E-state index in [1.54, 1.807) is 0 Å². The van der Waals surface area contributed by atoms with E-state index in [2.05, 4.69) is 20.8 Å². The molecule has 6 heteroatoms. The number of hydrogen-bond acceptors (Lipinski definition) is 6. The van der Waals surface area contributed by atoms with Crippen LogP contribution in [0.5, 0.6) is 0 Å². The second-order valence-electron chi connectivity index (χ2n) is 19.2. The van der Waals surface area contributed by atoms with Gasteiger partial charge < -0.3 is 14.2 Å². The molecule has 0 N–H and O–H groups in total. The lowest BCUT2D eigenvalue weighted by Crippen LogP contribution is -2.30. The van der Waals surface area contributed by atoms with E-state index in [1.165, 1.54) is 225 Å². The Bertz CT molecular complexity index is 920. The van der Waals surface area contributed by atoms with Gasteiger partial charge >= 0.3 is 17.9 Å². The third kappa shape index (κ3) is 49.4. The first kappa shape index (κ1) is 60.4. The maximum absolute atomic E-state index is 12.8. The van der Waals surface area contributed by atoms with Gasteiger partial charge in [-0.15, -0.1) is 0 Å². The lowest BCUT2D eigenvalue weighted by atomic mass is 10.0. The van der Waals surface area contributed by atoms with Crippen molar-refractivity contribution < 1.29 is 28.6 Å². The minimum Gasteiger partial charge on any atom is -0.462 e. The molecule has 0 saturated heterocycles. The highest BCUT2D eigenvalue weighted by molar-refractivity contribution is 5.71. The summed E-state index contributed by atoms with van der Waals surface area (Å²) in [6, 6.07) is 0. The highest BCUT2D eigenvalue weighted by atomic mass is 16.6. The molecule has 0 aromatic carbocycles. The largest absolute Gasteiger partial charge is 0.462 e. The first-order valence-corrected chi connectivity index (χ1v) is 28.0. The molecule has 0 aromatic rings. The van der Waals surface area contributed by atoms with Crippen molar-refractivity contribution in [1.29, 1.82) is 0 Å². The van der Waals surface area contributed by atoms with Gasteiger partial charge in [0.2, 0.25) is 0 Å². The Morgan fingerprint density at radius 2 is 0.435 bits per heavy atom. The molecule has 0 fully saturated rings. The van der Waals surface area contributed by atoms with E-state index >= 15 is 0 Å². The van der Waals surface area contributed by atoms with Gasteiger partial charge in [-0.3, -0.25) is 14.4 Å². The smallest absolute Gasteiger partial charge is 0.306 e. The molecule has 1 atom stereocenters. The molecule has 0 aliphatic rings. The Hall–Kier alpha value is -1.59. The summed E-state index contributed by atoms with van der Waals surface area (Å²) in [5.41, 5.74) is 0. The van der Waals surface area contributed by atoms with Crippen molar-refractivity contribution in [2.24, 2.45) is 0 Å². The lowest BCUT2D eigenvalue weighted by Gasteiger charge is -2.18. The molecule has 6 nitrogen and oxygen atoms in total. The number of carbonyl (C=O) groups excluding carboxylic acids is 3. The van der Waals surface area contributed by atoms with Gasteiger partial charge in [-0.25, -0.2) is 0 Å². The predicted molar refractivity (Wildman–Crippen MR) is 266 cm³/mol. The van der Waals surface area contributed by atoms with Gasteiger partial charge in [0.25, 0.3) is 0 Å². The molecule has 0 unspecified atom stereocenters. The van der Waals surface area contributed by atoms with E-state index in [0.29, 0.717) is 19.3 Å². The first-order valence-electron chi connectivity index (χ1n) is 28.0. The molecule has 0 saturated carbocycles. The number of hydrogen-bond donors (Lipinski definition) is 0. The van der Waals surface area contributed by atoms with E-state index in [4.69, 9.17) is 14.2 Å². The Balaban J connectivity index is 4.25. The minimum atomic E-state index is -0.760. The van der Waals surface area contributed by atoms with Crippen molar-refractivity contribution in [3.05, 3.63) is 0 Å². The SMILES string of the molecule is CCCCCCCCCCCCCCCCCCCCCC(=O)O[C@H](COC(=O)CCCCCCCCCCCCC)COC(=O)CCCCCCCCCCCCCCCC. The predicted octanol–water partition coefficient (Wildman–Crippen LogP) is 18.4. The highest BCUT2D eigenvalue weighted by Gasteiger charge is 2.19. The van der Waals surface area contributed by atoms with Crippen LogP contribution < -0.4 is 0 Å². The fourth-order valence-electron chi connectivity index (χ4n) is 8.62. The van der Waals surface area contributed by atoms with Gasteiger partial charge in [-0.1, -0.05) is 284 Å². The van der Waals surface area contributed by atoms with E-state index in [0.717, 1.165) is 57.8 Å². The Kier molecular flexibility index (Phi) is 50.7. The zero-order chi connectivity index (χ0) is 45.1. The molecular weight excluding hydrogens is 769 g/mol.